The van der Waals surface area contributed by atoms with Crippen LogP contribution in [0.25, 0.3) is 0 Å². The largest absolute Gasteiger partial charge is 0.466 e. The SMILES string of the molecule is CCOC(=O)CCNCC(C)(C)c1cccs1. The van der Waals surface area contributed by atoms with Gasteiger partial charge in [0.2, 0.25) is 0 Å². The molecule has 0 aliphatic rings. The van der Waals surface area contributed by atoms with Gasteiger partial charge in [-0.05, 0) is 18.4 Å². The third kappa shape index (κ3) is 4.88. The van der Waals surface area contributed by atoms with Gasteiger partial charge in [0.05, 0.1) is 13.0 Å². The van der Waals surface area contributed by atoms with Crippen LogP contribution in [0.1, 0.15) is 32.1 Å². The quantitative estimate of drug-likeness (QED) is 0.601. The third-order valence-corrected chi connectivity index (χ3v) is 3.80. The topological polar surface area (TPSA) is 38.3 Å². The van der Waals surface area contributed by atoms with Gasteiger partial charge in [0.15, 0.2) is 0 Å². The van der Waals surface area contributed by atoms with Gasteiger partial charge in [-0.3, -0.25) is 4.79 Å². The smallest absolute Gasteiger partial charge is 0.307 e. The average Bonchev–Trinajstić information content (AvgIpc) is 2.79. The average molecular weight is 255 g/mol. The van der Waals surface area contributed by atoms with E-state index in [0.717, 1.165) is 6.54 Å². The molecule has 0 amide bonds. The number of thiophene rings is 1. The van der Waals surface area contributed by atoms with Gasteiger partial charge < -0.3 is 10.1 Å². The van der Waals surface area contributed by atoms with Crippen molar-refractivity contribution in [2.45, 2.75) is 32.6 Å². The highest BCUT2D eigenvalue weighted by molar-refractivity contribution is 7.10. The molecule has 0 aliphatic heterocycles. The summed E-state index contributed by atoms with van der Waals surface area (Å²) in [6, 6.07) is 4.22. The third-order valence-electron chi connectivity index (χ3n) is 2.57. The molecular formula is C13H21NO2S. The summed E-state index contributed by atoms with van der Waals surface area (Å²) >= 11 is 1.77. The van der Waals surface area contributed by atoms with Crippen LogP contribution in [-0.4, -0.2) is 25.7 Å². The molecule has 0 aliphatic carbocycles. The minimum atomic E-state index is -0.131. The molecule has 1 aromatic heterocycles. The summed E-state index contributed by atoms with van der Waals surface area (Å²) in [4.78, 5) is 12.5. The summed E-state index contributed by atoms with van der Waals surface area (Å²) in [5, 5.41) is 5.40. The van der Waals surface area contributed by atoms with Crippen LogP contribution in [0.2, 0.25) is 0 Å². The molecule has 0 unspecified atom stereocenters. The maximum absolute atomic E-state index is 11.1. The summed E-state index contributed by atoms with van der Waals surface area (Å²) < 4.78 is 4.87. The lowest BCUT2D eigenvalue weighted by Gasteiger charge is -2.23. The van der Waals surface area contributed by atoms with Crippen molar-refractivity contribution in [2.24, 2.45) is 0 Å². The Morgan fingerprint density at radius 1 is 1.53 bits per heavy atom. The molecule has 1 aromatic rings. The lowest BCUT2D eigenvalue weighted by Crippen LogP contribution is -2.33. The summed E-state index contributed by atoms with van der Waals surface area (Å²) in [7, 11) is 0. The van der Waals surface area contributed by atoms with Crippen LogP contribution >= 0.6 is 11.3 Å². The van der Waals surface area contributed by atoms with Gasteiger partial charge in [-0.2, -0.15) is 0 Å². The van der Waals surface area contributed by atoms with E-state index < -0.39 is 0 Å². The molecule has 0 atom stereocenters. The minimum absolute atomic E-state index is 0.114. The molecule has 0 spiro atoms. The first-order chi connectivity index (χ1) is 8.06. The molecule has 96 valence electrons. The van der Waals surface area contributed by atoms with E-state index in [-0.39, 0.29) is 11.4 Å². The molecule has 0 fully saturated rings. The monoisotopic (exact) mass is 255 g/mol. The van der Waals surface area contributed by atoms with Gasteiger partial charge in [0.25, 0.3) is 0 Å². The summed E-state index contributed by atoms with van der Waals surface area (Å²) in [5.41, 5.74) is 0.114. The molecule has 1 heterocycles. The van der Waals surface area contributed by atoms with Crippen molar-refractivity contribution in [3.05, 3.63) is 22.4 Å². The highest BCUT2D eigenvalue weighted by Crippen LogP contribution is 2.26. The molecule has 0 saturated carbocycles. The zero-order valence-electron chi connectivity index (χ0n) is 10.8. The molecule has 1 N–H and O–H groups in total. The fraction of sp³-hybridized carbons (Fsp3) is 0.615. The van der Waals surface area contributed by atoms with E-state index in [1.165, 1.54) is 4.88 Å². The van der Waals surface area contributed by atoms with Gasteiger partial charge >= 0.3 is 5.97 Å². The second-order valence-corrected chi connectivity index (χ2v) is 5.54. The van der Waals surface area contributed by atoms with E-state index in [9.17, 15) is 4.79 Å². The van der Waals surface area contributed by atoms with E-state index in [1.807, 2.05) is 6.92 Å². The summed E-state index contributed by atoms with van der Waals surface area (Å²) in [6.07, 6.45) is 0.439. The van der Waals surface area contributed by atoms with Gasteiger partial charge in [-0.1, -0.05) is 19.9 Å². The van der Waals surface area contributed by atoms with Crippen LogP contribution in [0, 0.1) is 0 Å². The standard InChI is InChI=1S/C13H21NO2S/c1-4-16-12(15)7-8-14-10-13(2,3)11-6-5-9-17-11/h5-6,9,14H,4,7-8,10H2,1-3H3. The Hall–Kier alpha value is -0.870. The van der Waals surface area contributed by atoms with Crippen LogP contribution in [0.15, 0.2) is 17.5 Å². The van der Waals surface area contributed by atoms with Gasteiger partial charge in [-0.15, -0.1) is 11.3 Å². The molecule has 0 aromatic carbocycles. The van der Waals surface area contributed by atoms with Crippen LogP contribution in [0.5, 0.6) is 0 Å². The number of hydrogen-bond donors (Lipinski definition) is 1. The molecule has 0 saturated heterocycles. The number of carbonyl (C=O) groups excluding carboxylic acids is 1. The van der Waals surface area contributed by atoms with Crippen molar-refractivity contribution >= 4 is 17.3 Å². The van der Waals surface area contributed by atoms with Crippen LogP contribution < -0.4 is 5.32 Å². The highest BCUT2D eigenvalue weighted by atomic mass is 32.1. The fourth-order valence-corrected chi connectivity index (χ4v) is 2.43. The van der Waals surface area contributed by atoms with E-state index in [4.69, 9.17) is 4.74 Å². The Bertz CT molecular complexity index is 333. The molecule has 0 radical (unpaired) electrons. The first-order valence-electron chi connectivity index (χ1n) is 5.96. The number of esters is 1. The number of hydrogen-bond acceptors (Lipinski definition) is 4. The Balaban J connectivity index is 2.24. The summed E-state index contributed by atoms with van der Waals surface area (Å²) in [6.45, 7) is 8.23. The van der Waals surface area contributed by atoms with Crippen molar-refractivity contribution in [3.63, 3.8) is 0 Å². The lowest BCUT2D eigenvalue weighted by atomic mass is 9.91. The van der Waals surface area contributed by atoms with Gasteiger partial charge in [0, 0.05) is 23.4 Å². The normalized spacial score (nSPS) is 11.5. The van der Waals surface area contributed by atoms with Crippen molar-refractivity contribution in [1.29, 1.82) is 0 Å². The van der Waals surface area contributed by atoms with Crippen molar-refractivity contribution in [2.75, 3.05) is 19.7 Å². The van der Waals surface area contributed by atoms with Crippen molar-refractivity contribution in [3.8, 4) is 0 Å². The predicted molar refractivity (Wildman–Crippen MR) is 71.5 cm³/mol. The van der Waals surface area contributed by atoms with Gasteiger partial charge in [0.1, 0.15) is 0 Å². The number of ether oxygens (including phenoxy) is 1. The maximum Gasteiger partial charge on any atom is 0.307 e. The van der Waals surface area contributed by atoms with Crippen molar-refractivity contribution in [1.82, 2.24) is 5.32 Å². The molecule has 1 rings (SSSR count). The van der Waals surface area contributed by atoms with Gasteiger partial charge in [-0.25, -0.2) is 0 Å². The Kier molecular flexibility index (Phi) is 5.65. The first-order valence-corrected chi connectivity index (χ1v) is 6.84. The maximum atomic E-state index is 11.1. The van der Waals surface area contributed by atoms with E-state index in [1.54, 1.807) is 11.3 Å². The molecule has 17 heavy (non-hydrogen) atoms. The zero-order valence-corrected chi connectivity index (χ0v) is 11.6. The zero-order chi connectivity index (χ0) is 12.7. The molecule has 4 heteroatoms. The molecule has 3 nitrogen and oxygen atoms in total. The van der Waals surface area contributed by atoms with E-state index >= 15 is 0 Å². The number of nitrogens with one attached hydrogen (secondary N) is 1. The first kappa shape index (κ1) is 14.2. The van der Waals surface area contributed by atoms with Crippen LogP contribution in [0.3, 0.4) is 0 Å². The van der Waals surface area contributed by atoms with E-state index in [0.29, 0.717) is 19.6 Å². The van der Waals surface area contributed by atoms with Crippen LogP contribution in [0.4, 0.5) is 0 Å². The Morgan fingerprint density at radius 3 is 2.88 bits per heavy atom. The van der Waals surface area contributed by atoms with Crippen LogP contribution in [-0.2, 0) is 14.9 Å². The predicted octanol–water partition coefficient (Wildman–Crippen LogP) is 2.57. The second kappa shape index (κ2) is 6.77. The van der Waals surface area contributed by atoms with Crippen molar-refractivity contribution < 1.29 is 9.53 Å². The molecular weight excluding hydrogens is 234 g/mol. The minimum Gasteiger partial charge on any atom is -0.466 e. The Labute approximate surface area is 107 Å². The lowest BCUT2D eigenvalue weighted by molar-refractivity contribution is -0.142. The van der Waals surface area contributed by atoms with E-state index in [2.05, 4.69) is 36.7 Å². The number of carbonyl (C=O) groups is 1. The second-order valence-electron chi connectivity index (χ2n) is 4.59. The Morgan fingerprint density at radius 2 is 2.29 bits per heavy atom. The number of rotatable bonds is 7. The highest BCUT2D eigenvalue weighted by Gasteiger charge is 2.20. The summed E-state index contributed by atoms with van der Waals surface area (Å²) in [5.74, 6) is -0.131. The molecule has 0 bridgehead atoms. The fourth-order valence-electron chi connectivity index (χ4n) is 1.58.